The van der Waals surface area contributed by atoms with E-state index in [1.807, 2.05) is 25.1 Å². The van der Waals surface area contributed by atoms with Crippen molar-refractivity contribution in [1.29, 1.82) is 0 Å². The van der Waals surface area contributed by atoms with Crippen molar-refractivity contribution in [3.8, 4) is 10.6 Å². The molecule has 0 spiro atoms. The van der Waals surface area contributed by atoms with Crippen LogP contribution in [0, 0.1) is 5.92 Å². The molecular formula is C17H19ClN2O3S. The molecule has 2 aromatic rings. The van der Waals surface area contributed by atoms with E-state index in [2.05, 4.69) is 10.3 Å². The van der Waals surface area contributed by atoms with Crippen molar-refractivity contribution in [2.24, 2.45) is 5.92 Å². The highest BCUT2D eigenvalue weighted by Crippen LogP contribution is 2.30. The number of carbonyl (C=O) groups is 2. The van der Waals surface area contributed by atoms with Gasteiger partial charge in [0.15, 0.2) is 0 Å². The Morgan fingerprint density at radius 3 is 2.71 bits per heavy atom. The van der Waals surface area contributed by atoms with E-state index in [1.54, 1.807) is 18.4 Å². The smallest absolute Gasteiger partial charge is 0.326 e. The molecule has 5 nitrogen and oxygen atoms in total. The number of hydrogen-bond acceptors (Lipinski definition) is 4. The Balaban J connectivity index is 2.05. The van der Waals surface area contributed by atoms with E-state index in [1.165, 1.54) is 11.3 Å². The van der Waals surface area contributed by atoms with Gasteiger partial charge in [0.25, 0.3) is 0 Å². The Morgan fingerprint density at radius 2 is 2.08 bits per heavy atom. The summed E-state index contributed by atoms with van der Waals surface area (Å²) in [6, 6.07) is 6.49. The van der Waals surface area contributed by atoms with Gasteiger partial charge in [-0.15, -0.1) is 11.3 Å². The van der Waals surface area contributed by atoms with E-state index < -0.39 is 12.0 Å². The van der Waals surface area contributed by atoms with Gasteiger partial charge in [0.2, 0.25) is 5.91 Å². The molecule has 0 radical (unpaired) electrons. The van der Waals surface area contributed by atoms with Gasteiger partial charge >= 0.3 is 5.97 Å². The Morgan fingerprint density at radius 1 is 1.38 bits per heavy atom. The topological polar surface area (TPSA) is 79.3 Å². The molecule has 0 saturated heterocycles. The average molecular weight is 367 g/mol. The number of carboxylic acid groups (broad SMARTS) is 1. The molecule has 0 unspecified atom stereocenters. The van der Waals surface area contributed by atoms with E-state index in [-0.39, 0.29) is 18.2 Å². The van der Waals surface area contributed by atoms with Gasteiger partial charge in [-0.05, 0) is 12.0 Å². The maximum absolute atomic E-state index is 12.1. The maximum atomic E-state index is 12.1. The highest BCUT2D eigenvalue weighted by Gasteiger charge is 2.25. The van der Waals surface area contributed by atoms with Gasteiger partial charge < -0.3 is 10.4 Å². The fraction of sp³-hybridized carbons (Fsp3) is 0.353. The molecule has 7 heteroatoms. The van der Waals surface area contributed by atoms with Crippen molar-refractivity contribution in [3.05, 3.63) is 40.4 Å². The predicted octanol–water partition coefficient (Wildman–Crippen LogP) is 3.62. The lowest BCUT2D eigenvalue weighted by Gasteiger charge is -2.19. The summed E-state index contributed by atoms with van der Waals surface area (Å²) in [6.45, 7) is 3.69. The fourth-order valence-electron chi connectivity index (χ4n) is 2.22. The average Bonchev–Trinajstić information content (AvgIpc) is 3.00. The summed E-state index contributed by atoms with van der Waals surface area (Å²) in [5.74, 6) is -1.51. The van der Waals surface area contributed by atoms with Gasteiger partial charge in [0, 0.05) is 10.9 Å². The number of hydrogen-bond donors (Lipinski definition) is 2. The predicted molar refractivity (Wildman–Crippen MR) is 95.3 cm³/mol. The number of aromatic nitrogens is 1. The monoisotopic (exact) mass is 366 g/mol. The van der Waals surface area contributed by atoms with Crippen LogP contribution >= 0.6 is 22.9 Å². The molecule has 0 aliphatic rings. The number of nitrogens with one attached hydrogen (secondary N) is 1. The molecule has 2 atom stereocenters. The summed E-state index contributed by atoms with van der Waals surface area (Å²) in [4.78, 5) is 27.8. The van der Waals surface area contributed by atoms with Gasteiger partial charge in [0.1, 0.15) is 11.0 Å². The number of thiazole rings is 1. The number of amides is 1. The van der Waals surface area contributed by atoms with Crippen LogP contribution in [0.1, 0.15) is 26.0 Å². The summed E-state index contributed by atoms with van der Waals surface area (Å²) in [5, 5.41) is 14.9. The Kier molecular flexibility index (Phi) is 6.34. The van der Waals surface area contributed by atoms with Gasteiger partial charge in [0.05, 0.1) is 17.1 Å². The molecule has 2 N–H and O–H groups in total. The van der Waals surface area contributed by atoms with E-state index in [0.29, 0.717) is 17.1 Å². The van der Waals surface area contributed by atoms with Crippen molar-refractivity contribution >= 4 is 34.8 Å². The van der Waals surface area contributed by atoms with Crippen LogP contribution in [0.3, 0.4) is 0 Å². The van der Waals surface area contributed by atoms with Crippen LogP contribution in [-0.4, -0.2) is 28.0 Å². The molecule has 128 valence electrons. The lowest BCUT2D eigenvalue weighted by atomic mass is 9.99. The van der Waals surface area contributed by atoms with Crippen LogP contribution in [0.4, 0.5) is 0 Å². The third-order valence-electron chi connectivity index (χ3n) is 3.79. The van der Waals surface area contributed by atoms with Crippen molar-refractivity contribution in [1.82, 2.24) is 10.3 Å². The minimum Gasteiger partial charge on any atom is -0.480 e. The molecule has 1 amide bonds. The molecule has 0 bridgehead atoms. The molecule has 0 fully saturated rings. The Labute approximate surface area is 149 Å². The standard InChI is InChI=1S/C17H19ClN2O3S/c1-3-10(2)15(17(22)23)20-14(21)8-11-9-24-16(19-11)12-6-4-5-7-13(12)18/h4-7,9-10,15H,3,8H2,1-2H3,(H,20,21)(H,22,23)/t10-,15+/m0/s1. The summed E-state index contributed by atoms with van der Waals surface area (Å²) in [7, 11) is 0. The highest BCUT2D eigenvalue weighted by atomic mass is 35.5. The summed E-state index contributed by atoms with van der Waals surface area (Å²) in [5.41, 5.74) is 1.42. The van der Waals surface area contributed by atoms with Crippen LogP contribution in [0.15, 0.2) is 29.6 Å². The lowest BCUT2D eigenvalue weighted by molar-refractivity contribution is -0.143. The first kappa shape index (κ1) is 18.4. The number of carbonyl (C=O) groups excluding carboxylic acids is 1. The van der Waals surface area contributed by atoms with Crippen molar-refractivity contribution < 1.29 is 14.7 Å². The largest absolute Gasteiger partial charge is 0.480 e. The summed E-state index contributed by atoms with van der Waals surface area (Å²) in [6.07, 6.45) is 0.714. The Bertz CT molecular complexity index is 732. The number of benzene rings is 1. The molecule has 1 aromatic carbocycles. The first-order valence-corrected chi connectivity index (χ1v) is 8.89. The molecule has 1 aromatic heterocycles. The van der Waals surface area contributed by atoms with Gasteiger partial charge in [-0.1, -0.05) is 50.1 Å². The highest BCUT2D eigenvalue weighted by molar-refractivity contribution is 7.13. The molecular weight excluding hydrogens is 348 g/mol. The minimum absolute atomic E-state index is 0.0428. The number of nitrogens with zero attached hydrogens (tertiary/aromatic N) is 1. The quantitative estimate of drug-likeness (QED) is 0.784. The van der Waals surface area contributed by atoms with Gasteiger partial charge in [-0.25, -0.2) is 9.78 Å². The molecule has 0 aliphatic heterocycles. The molecule has 0 saturated carbocycles. The minimum atomic E-state index is -1.02. The second-order valence-electron chi connectivity index (χ2n) is 5.57. The molecule has 1 heterocycles. The summed E-state index contributed by atoms with van der Waals surface area (Å²) < 4.78 is 0. The first-order valence-electron chi connectivity index (χ1n) is 7.63. The van der Waals surface area contributed by atoms with Crippen LogP contribution in [-0.2, 0) is 16.0 Å². The zero-order valence-corrected chi connectivity index (χ0v) is 15.0. The number of rotatable bonds is 7. The maximum Gasteiger partial charge on any atom is 0.326 e. The van der Waals surface area contributed by atoms with Crippen LogP contribution in [0.2, 0.25) is 5.02 Å². The van der Waals surface area contributed by atoms with Crippen molar-refractivity contribution in [3.63, 3.8) is 0 Å². The van der Waals surface area contributed by atoms with E-state index in [9.17, 15) is 14.7 Å². The lowest BCUT2D eigenvalue weighted by Crippen LogP contribution is -2.45. The summed E-state index contributed by atoms with van der Waals surface area (Å²) >= 11 is 7.55. The third-order valence-corrected chi connectivity index (χ3v) is 5.05. The number of halogens is 1. The Hall–Kier alpha value is -1.92. The van der Waals surface area contributed by atoms with Crippen LogP contribution in [0.5, 0.6) is 0 Å². The van der Waals surface area contributed by atoms with E-state index >= 15 is 0 Å². The second kappa shape index (κ2) is 8.26. The van der Waals surface area contributed by atoms with Crippen molar-refractivity contribution in [2.45, 2.75) is 32.7 Å². The zero-order valence-electron chi connectivity index (χ0n) is 13.5. The van der Waals surface area contributed by atoms with Crippen LogP contribution in [0.25, 0.3) is 10.6 Å². The zero-order chi connectivity index (χ0) is 17.7. The first-order chi connectivity index (χ1) is 11.4. The van der Waals surface area contributed by atoms with Gasteiger partial charge in [-0.3, -0.25) is 4.79 Å². The van der Waals surface area contributed by atoms with E-state index in [0.717, 1.165) is 10.6 Å². The van der Waals surface area contributed by atoms with Gasteiger partial charge in [-0.2, -0.15) is 0 Å². The molecule has 0 aliphatic carbocycles. The molecule has 24 heavy (non-hydrogen) atoms. The van der Waals surface area contributed by atoms with E-state index in [4.69, 9.17) is 11.6 Å². The van der Waals surface area contributed by atoms with Crippen molar-refractivity contribution in [2.75, 3.05) is 0 Å². The number of aliphatic carboxylic acids is 1. The second-order valence-corrected chi connectivity index (χ2v) is 6.83. The SMILES string of the molecule is CC[C@H](C)[C@@H](NC(=O)Cc1csc(-c2ccccc2Cl)n1)C(=O)O. The fourth-order valence-corrected chi connectivity index (χ4v) is 3.36. The normalized spacial score (nSPS) is 13.3. The number of carboxylic acids is 1. The van der Waals surface area contributed by atoms with Crippen LogP contribution < -0.4 is 5.32 Å². The third kappa shape index (κ3) is 4.55. The molecule has 2 rings (SSSR count).